The molecule has 0 aliphatic carbocycles. The van der Waals surface area contributed by atoms with Crippen molar-refractivity contribution in [2.24, 2.45) is 7.05 Å². The molecule has 2 amide bonds. The minimum Gasteiger partial charge on any atom is -0.349 e. The molecule has 2 aromatic rings. The zero-order chi connectivity index (χ0) is 16.1. The van der Waals surface area contributed by atoms with Crippen molar-refractivity contribution in [3.05, 3.63) is 47.7 Å². The van der Waals surface area contributed by atoms with Gasteiger partial charge in [0.05, 0.1) is 18.2 Å². The maximum absolute atomic E-state index is 12.2. The molecule has 0 bridgehead atoms. The fraction of sp³-hybridized carbons (Fsp3) is 0.312. The third kappa shape index (κ3) is 4.18. The Morgan fingerprint density at radius 2 is 1.95 bits per heavy atom. The highest BCUT2D eigenvalue weighted by Gasteiger charge is 2.17. The van der Waals surface area contributed by atoms with Gasteiger partial charge in [-0.25, -0.2) is 0 Å². The number of anilines is 1. The average Bonchev–Trinajstić information content (AvgIpc) is 2.76. The molecule has 1 heterocycles. The third-order valence-electron chi connectivity index (χ3n) is 3.24. The number of nitrogens with zero attached hydrogens (tertiary/aromatic N) is 2. The molecule has 0 unspecified atom stereocenters. The van der Waals surface area contributed by atoms with Gasteiger partial charge < -0.3 is 10.6 Å². The monoisotopic (exact) mass is 300 g/mol. The Balaban J connectivity index is 2.08. The molecule has 6 heteroatoms. The first kappa shape index (κ1) is 15.8. The Morgan fingerprint density at radius 1 is 1.27 bits per heavy atom. The molecule has 0 radical (unpaired) electrons. The van der Waals surface area contributed by atoms with Gasteiger partial charge in [-0.2, -0.15) is 5.10 Å². The number of rotatable bonds is 5. The van der Waals surface area contributed by atoms with Crippen LogP contribution >= 0.6 is 0 Å². The van der Waals surface area contributed by atoms with Crippen molar-refractivity contribution in [3.8, 4) is 0 Å². The lowest BCUT2D eigenvalue weighted by molar-refractivity contribution is -0.120. The van der Waals surface area contributed by atoms with E-state index in [2.05, 4.69) is 15.7 Å². The maximum atomic E-state index is 12.2. The number of nitrogens with one attached hydrogen (secondary N) is 2. The van der Waals surface area contributed by atoms with E-state index in [1.165, 1.54) is 6.92 Å². The van der Waals surface area contributed by atoms with Crippen LogP contribution in [0.25, 0.3) is 0 Å². The molecular formula is C16H20N4O2. The first-order valence-corrected chi connectivity index (χ1v) is 7.08. The Labute approximate surface area is 129 Å². The number of carbonyl (C=O) groups is 2. The van der Waals surface area contributed by atoms with Crippen molar-refractivity contribution in [2.75, 3.05) is 5.32 Å². The zero-order valence-corrected chi connectivity index (χ0v) is 13.0. The van der Waals surface area contributed by atoms with Crippen LogP contribution in [-0.2, 0) is 16.6 Å². The lowest BCUT2D eigenvalue weighted by atomic mass is 10.0. The van der Waals surface area contributed by atoms with Crippen LogP contribution in [-0.4, -0.2) is 21.6 Å². The summed E-state index contributed by atoms with van der Waals surface area (Å²) in [6.07, 6.45) is 0.161. The van der Waals surface area contributed by atoms with Crippen LogP contribution in [0.1, 0.15) is 30.6 Å². The van der Waals surface area contributed by atoms with Crippen molar-refractivity contribution in [3.63, 3.8) is 0 Å². The molecule has 0 aliphatic rings. The highest BCUT2D eigenvalue weighted by molar-refractivity contribution is 5.90. The first-order valence-electron chi connectivity index (χ1n) is 7.08. The summed E-state index contributed by atoms with van der Waals surface area (Å²) in [7, 11) is 1.77. The van der Waals surface area contributed by atoms with E-state index in [0.29, 0.717) is 5.82 Å². The van der Waals surface area contributed by atoms with E-state index < -0.39 is 0 Å². The number of benzene rings is 1. The van der Waals surface area contributed by atoms with Crippen molar-refractivity contribution in [1.29, 1.82) is 0 Å². The summed E-state index contributed by atoms with van der Waals surface area (Å²) in [5.74, 6) is 0.292. The van der Waals surface area contributed by atoms with E-state index in [-0.39, 0.29) is 24.3 Å². The molecule has 2 N–H and O–H groups in total. The van der Waals surface area contributed by atoms with Crippen LogP contribution in [0.3, 0.4) is 0 Å². The van der Waals surface area contributed by atoms with E-state index >= 15 is 0 Å². The van der Waals surface area contributed by atoms with Gasteiger partial charge in [0.2, 0.25) is 11.8 Å². The summed E-state index contributed by atoms with van der Waals surface area (Å²) in [5, 5.41) is 9.81. The lowest BCUT2D eigenvalue weighted by Crippen LogP contribution is -2.30. The fourth-order valence-corrected chi connectivity index (χ4v) is 2.29. The van der Waals surface area contributed by atoms with Crippen molar-refractivity contribution in [1.82, 2.24) is 15.1 Å². The summed E-state index contributed by atoms with van der Waals surface area (Å²) in [6, 6.07) is 10.9. The first-order chi connectivity index (χ1) is 10.5. The number of carbonyl (C=O) groups excluding carboxylic acids is 2. The molecule has 0 saturated carbocycles. The minimum atomic E-state index is -0.354. The number of amides is 2. The second-order valence-corrected chi connectivity index (χ2v) is 5.21. The molecule has 22 heavy (non-hydrogen) atoms. The molecule has 1 aromatic heterocycles. The van der Waals surface area contributed by atoms with Gasteiger partial charge in [0.1, 0.15) is 5.82 Å². The normalized spacial score (nSPS) is 11.8. The van der Waals surface area contributed by atoms with Gasteiger partial charge in [0.25, 0.3) is 0 Å². The molecule has 116 valence electrons. The second kappa shape index (κ2) is 6.89. The van der Waals surface area contributed by atoms with Crippen molar-refractivity contribution in [2.45, 2.75) is 26.3 Å². The largest absolute Gasteiger partial charge is 0.349 e. The van der Waals surface area contributed by atoms with Gasteiger partial charge in [0, 0.05) is 20.0 Å². The number of aryl methyl sites for hydroxylation is 2. The smallest absolute Gasteiger partial charge is 0.227 e. The summed E-state index contributed by atoms with van der Waals surface area (Å²) < 4.78 is 1.61. The maximum Gasteiger partial charge on any atom is 0.227 e. The van der Waals surface area contributed by atoms with Crippen LogP contribution < -0.4 is 10.6 Å². The Morgan fingerprint density at radius 3 is 2.50 bits per heavy atom. The Kier molecular flexibility index (Phi) is 4.93. The second-order valence-electron chi connectivity index (χ2n) is 5.21. The Bertz CT molecular complexity index is 664. The van der Waals surface area contributed by atoms with Gasteiger partial charge in [-0.1, -0.05) is 30.3 Å². The summed E-state index contributed by atoms with van der Waals surface area (Å²) >= 11 is 0. The molecule has 0 aliphatic heterocycles. The number of hydrogen-bond donors (Lipinski definition) is 2. The standard InChI is InChI=1S/C16H20N4O2/c1-11-9-15(20(3)19-11)18-16(22)10-14(17-12(2)21)13-7-5-4-6-8-13/h4-9,14H,10H2,1-3H3,(H,17,21)(H,18,22)/t14-/m0/s1. The van der Waals surface area contributed by atoms with Crippen LogP contribution in [0.2, 0.25) is 0 Å². The molecule has 1 atom stereocenters. The van der Waals surface area contributed by atoms with Crippen LogP contribution in [0.4, 0.5) is 5.82 Å². The van der Waals surface area contributed by atoms with Crippen molar-refractivity contribution >= 4 is 17.6 Å². The molecular weight excluding hydrogens is 280 g/mol. The highest BCUT2D eigenvalue weighted by Crippen LogP contribution is 2.18. The zero-order valence-electron chi connectivity index (χ0n) is 13.0. The summed E-state index contributed by atoms with van der Waals surface area (Å²) in [5.41, 5.74) is 1.73. The molecule has 1 aromatic carbocycles. The average molecular weight is 300 g/mol. The van der Waals surface area contributed by atoms with Crippen LogP contribution in [0.15, 0.2) is 36.4 Å². The molecule has 6 nitrogen and oxygen atoms in total. The van der Waals surface area contributed by atoms with E-state index in [9.17, 15) is 9.59 Å². The predicted molar refractivity (Wildman–Crippen MR) is 84.2 cm³/mol. The summed E-state index contributed by atoms with van der Waals surface area (Å²) in [6.45, 7) is 3.30. The van der Waals surface area contributed by atoms with Gasteiger partial charge in [-0.3, -0.25) is 14.3 Å². The quantitative estimate of drug-likeness (QED) is 0.886. The Hall–Kier alpha value is -2.63. The minimum absolute atomic E-state index is 0.161. The van der Waals surface area contributed by atoms with E-state index in [1.807, 2.05) is 37.3 Å². The predicted octanol–water partition coefficient (Wildman–Crippen LogP) is 1.93. The van der Waals surface area contributed by atoms with E-state index in [4.69, 9.17) is 0 Å². The van der Waals surface area contributed by atoms with Gasteiger partial charge >= 0.3 is 0 Å². The topological polar surface area (TPSA) is 76.0 Å². The van der Waals surface area contributed by atoms with Gasteiger partial charge in [-0.15, -0.1) is 0 Å². The SMILES string of the molecule is CC(=O)N[C@@H](CC(=O)Nc1cc(C)nn1C)c1ccccc1. The van der Waals surface area contributed by atoms with E-state index in [1.54, 1.807) is 17.8 Å². The van der Waals surface area contributed by atoms with E-state index in [0.717, 1.165) is 11.3 Å². The van der Waals surface area contributed by atoms with Gasteiger partial charge in [-0.05, 0) is 12.5 Å². The van der Waals surface area contributed by atoms with Crippen molar-refractivity contribution < 1.29 is 9.59 Å². The third-order valence-corrected chi connectivity index (χ3v) is 3.24. The molecule has 0 spiro atoms. The van der Waals surface area contributed by atoms with Crippen LogP contribution in [0, 0.1) is 6.92 Å². The molecule has 0 saturated heterocycles. The molecule has 0 fully saturated rings. The molecule has 2 rings (SSSR count). The fourth-order valence-electron chi connectivity index (χ4n) is 2.29. The lowest BCUT2D eigenvalue weighted by Gasteiger charge is -2.18. The highest BCUT2D eigenvalue weighted by atomic mass is 16.2. The van der Waals surface area contributed by atoms with Gasteiger partial charge in [0.15, 0.2) is 0 Å². The van der Waals surface area contributed by atoms with Crippen LogP contribution in [0.5, 0.6) is 0 Å². The number of aromatic nitrogens is 2. The summed E-state index contributed by atoms with van der Waals surface area (Å²) in [4.78, 5) is 23.6. The number of hydrogen-bond acceptors (Lipinski definition) is 3.